The first-order valence-electron chi connectivity index (χ1n) is 6.17. The Bertz CT molecular complexity index is 564. The van der Waals surface area contributed by atoms with Crippen molar-refractivity contribution in [3.8, 4) is 11.5 Å². The number of benzene rings is 2. The molecule has 0 heterocycles. The van der Waals surface area contributed by atoms with Gasteiger partial charge in [-0.2, -0.15) is 0 Å². The van der Waals surface area contributed by atoms with E-state index in [0.717, 1.165) is 22.6 Å². The van der Waals surface area contributed by atoms with E-state index in [1.807, 2.05) is 48.5 Å². The number of methoxy groups -OCH3 is 2. The van der Waals surface area contributed by atoms with Crippen molar-refractivity contribution in [1.82, 2.24) is 0 Å². The quantitative estimate of drug-likeness (QED) is 0.598. The Labute approximate surface area is 118 Å². The highest BCUT2D eigenvalue weighted by atomic mass is 16.6. The Morgan fingerprint density at radius 1 is 0.950 bits per heavy atom. The maximum absolute atomic E-state index is 5.20. The van der Waals surface area contributed by atoms with E-state index in [0.29, 0.717) is 6.61 Å². The minimum Gasteiger partial charge on any atom is -0.497 e. The summed E-state index contributed by atoms with van der Waals surface area (Å²) in [5.74, 6) is 1.58. The van der Waals surface area contributed by atoms with Crippen LogP contribution in [0.3, 0.4) is 0 Å². The second kappa shape index (κ2) is 7.19. The van der Waals surface area contributed by atoms with Crippen molar-refractivity contribution >= 4 is 6.21 Å². The van der Waals surface area contributed by atoms with Crippen LogP contribution in [-0.2, 0) is 11.4 Å². The fourth-order valence-corrected chi connectivity index (χ4v) is 1.61. The molecule has 2 aromatic carbocycles. The molecule has 103 valence electrons. The molecular formula is C16H16NO3. The lowest BCUT2D eigenvalue weighted by Gasteiger charge is -2.02. The molecule has 4 nitrogen and oxygen atoms in total. The molecule has 0 saturated carbocycles. The van der Waals surface area contributed by atoms with E-state index in [1.165, 1.54) is 0 Å². The van der Waals surface area contributed by atoms with Gasteiger partial charge in [0, 0.05) is 5.56 Å². The molecule has 0 aliphatic heterocycles. The molecule has 20 heavy (non-hydrogen) atoms. The first kappa shape index (κ1) is 13.9. The summed E-state index contributed by atoms with van der Waals surface area (Å²) in [7, 11) is 3.26. The topological polar surface area (TPSA) is 40.0 Å². The third kappa shape index (κ3) is 4.02. The molecule has 2 aromatic rings. The van der Waals surface area contributed by atoms with E-state index < -0.39 is 0 Å². The fraction of sp³-hybridized carbons (Fsp3) is 0.188. The minimum atomic E-state index is 0.390. The highest BCUT2D eigenvalue weighted by Gasteiger charge is 1.95. The maximum atomic E-state index is 5.20. The van der Waals surface area contributed by atoms with Crippen LogP contribution in [0.5, 0.6) is 11.5 Å². The lowest BCUT2D eigenvalue weighted by atomic mass is 10.2. The standard InChI is InChI=1S/C16H16NO3/c1-18-15-8-6-13(7-9-15)12-20-17-11-14-4-3-5-16(10-14)19-2/h3-10H,12H2,1-2H3. The highest BCUT2D eigenvalue weighted by Crippen LogP contribution is 2.13. The molecule has 0 aliphatic rings. The number of ether oxygens (including phenoxy) is 2. The SMILES string of the molecule is COc1ccc(CO/N=[C]\c2cccc(OC)c2)cc1. The smallest absolute Gasteiger partial charge is 0.142 e. The summed E-state index contributed by atoms with van der Waals surface area (Å²) in [5.41, 5.74) is 1.82. The van der Waals surface area contributed by atoms with Gasteiger partial charge in [0.1, 0.15) is 24.3 Å². The van der Waals surface area contributed by atoms with Gasteiger partial charge in [0.2, 0.25) is 0 Å². The van der Waals surface area contributed by atoms with Crippen LogP contribution in [0.2, 0.25) is 0 Å². The Hall–Kier alpha value is -2.49. The second-order valence-electron chi connectivity index (χ2n) is 4.06. The van der Waals surface area contributed by atoms with Crippen molar-refractivity contribution in [2.24, 2.45) is 5.16 Å². The van der Waals surface area contributed by atoms with Gasteiger partial charge >= 0.3 is 0 Å². The van der Waals surface area contributed by atoms with Crippen molar-refractivity contribution in [3.63, 3.8) is 0 Å². The fourth-order valence-electron chi connectivity index (χ4n) is 1.61. The van der Waals surface area contributed by atoms with Crippen molar-refractivity contribution in [2.75, 3.05) is 14.2 Å². The molecule has 1 radical (unpaired) electrons. The molecule has 0 spiro atoms. The molecule has 0 atom stereocenters. The lowest BCUT2D eigenvalue weighted by Crippen LogP contribution is -1.90. The van der Waals surface area contributed by atoms with Gasteiger partial charge in [-0.15, -0.1) is 0 Å². The van der Waals surface area contributed by atoms with E-state index in [2.05, 4.69) is 11.4 Å². The molecule has 0 bridgehead atoms. The van der Waals surface area contributed by atoms with Gasteiger partial charge in [-0.25, -0.2) is 0 Å². The lowest BCUT2D eigenvalue weighted by molar-refractivity contribution is 0.132. The van der Waals surface area contributed by atoms with Gasteiger partial charge in [0.05, 0.1) is 14.2 Å². The molecule has 0 aliphatic carbocycles. The van der Waals surface area contributed by atoms with Crippen LogP contribution in [0, 0.1) is 0 Å². The summed E-state index contributed by atoms with van der Waals surface area (Å²) in [5, 5.41) is 3.82. The van der Waals surface area contributed by atoms with Crippen molar-refractivity contribution < 1.29 is 14.3 Å². The Balaban J connectivity index is 1.86. The summed E-state index contributed by atoms with van der Waals surface area (Å²) < 4.78 is 10.2. The summed E-state index contributed by atoms with van der Waals surface area (Å²) in [4.78, 5) is 5.20. The van der Waals surface area contributed by atoms with Gasteiger partial charge in [-0.05, 0) is 29.8 Å². The molecule has 0 fully saturated rings. The molecule has 0 N–H and O–H groups in total. The molecule has 0 unspecified atom stereocenters. The molecule has 4 heteroatoms. The van der Waals surface area contributed by atoms with Gasteiger partial charge in [0.15, 0.2) is 0 Å². The zero-order valence-electron chi connectivity index (χ0n) is 11.5. The van der Waals surface area contributed by atoms with E-state index in [4.69, 9.17) is 14.3 Å². The van der Waals surface area contributed by atoms with E-state index in [9.17, 15) is 0 Å². The Kier molecular flexibility index (Phi) is 5.00. The first-order chi connectivity index (χ1) is 9.81. The number of rotatable bonds is 6. The van der Waals surface area contributed by atoms with Gasteiger partial charge in [-0.1, -0.05) is 29.4 Å². The number of hydrogen-bond donors (Lipinski definition) is 0. The van der Waals surface area contributed by atoms with E-state index in [-0.39, 0.29) is 0 Å². The van der Waals surface area contributed by atoms with Crippen molar-refractivity contribution in [2.45, 2.75) is 6.61 Å². The van der Waals surface area contributed by atoms with Gasteiger partial charge in [0.25, 0.3) is 0 Å². The van der Waals surface area contributed by atoms with E-state index in [1.54, 1.807) is 14.2 Å². The molecule has 0 saturated heterocycles. The van der Waals surface area contributed by atoms with Gasteiger partial charge < -0.3 is 14.3 Å². The average Bonchev–Trinajstić information content (AvgIpc) is 2.52. The van der Waals surface area contributed by atoms with Crippen molar-refractivity contribution in [3.05, 3.63) is 59.7 Å². The van der Waals surface area contributed by atoms with Crippen LogP contribution in [0.1, 0.15) is 11.1 Å². The maximum Gasteiger partial charge on any atom is 0.142 e. The largest absolute Gasteiger partial charge is 0.497 e. The van der Waals surface area contributed by atoms with E-state index >= 15 is 0 Å². The molecular weight excluding hydrogens is 254 g/mol. The summed E-state index contributed by atoms with van der Waals surface area (Å²) in [6, 6.07) is 15.1. The molecule has 0 amide bonds. The Morgan fingerprint density at radius 2 is 1.70 bits per heavy atom. The van der Waals surface area contributed by atoms with Gasteiger partial charge in [-0.3, -0.25) is 0 Å². The van der Waals surface area contributed by atoms with Crippen LogP contribution >= 0.6 is 0 Å². The molecule has 2 rings (SSSR count). The first-order valence-corrected chi connectivity index (χ1v) is 6.17. The number of nitrogens with zero attached hydrogens (tertiary/aromatic N) is 1. The predicted molar refractivity (Wildman–Crippen MR) is 77.3 cm³/mol. The third-order valence-electron chi connectivity index (χ3n) is 2.70. The van der Waals surface area contributed by atoms with Crippen molar-refractivity contribution in [1.29, 1.82) is 0 Å². The summed E-state index contributed by atoms with van der Waals surface area (Å²) in [6.07, 6.45) is 2.81. The van der Waals surface area contributed by atoms with Crippen LogP contribution in [0.25, 0.3) is 0 Å². The van der Waals surface area contributed by atoms with Crippen LogP contribution < -0.4 is 9.47 Å². The Morgan fingerprint density at radius 3 is 2.40 bits per heavy atom. The zero-order chi connectivity index (χ0) is 14.2. The van der Waals surface area contributed by atoms with Crippen LogP contribution in [-0.4, -0.2) is 20.4 Å². The average molecular weight is 270 g/mol. The number of hydrogen-bond acceptors (Lipinski definition) is 4. The third-order valence-corrected chi connectivity index (χ3v) is 2.70. The zero-order valence-corrected chi connectivity index (χ0v) is 11.5. The summed E-state index contributed by atoms with van der Waals surface area (Å²) in [6.45, 7) is 0.390. The monoisotopic (exact) mass is 270 g/mol. The normalized spacial score (nSPS) is 10.5. The minimum absolute atomic E-state index is 0.390. The summed E-state index contributed by atoms with van der Waals surface area (Å²) >= 11 is 0. The van der Waals surface area contributed by atoms with Crippen LogP contribution in [0.4, 0.5) is 0 Å². The molecule has 0 aromatic heterocycles. The highest BCUT2D eigenvalue weighted by molar-refractivity contribution is 5.79. The second-order valence-corrected chi connectivity index (χ2v) is 4.06. The van der Waals surface area contributed by atoms with Crippen LogP contribution in [0.15, 0.2) is 53.7 Å². The predicted octanol–water partition coefficient (Wildman–Crippen LogP) is 3.13.